The first-order valence-electron chi connectivity index (χ1n) is 9.74. The summed E-state index contributed by atoms with van der Waals surface area (Å²) >= 11 is 0. The molecule has 4 heterocycles. The molecule has 0 saturated carbocycles. The molecule has 7 nitrogen and oxygen atoms in total. The van der Waals surface area contributed by atoms with Crippen molar-refractivity contribution in [2.75, 3.05) is 19.8 Å². The van der Waals surface area contributed by atoms with Crippen molar-refractivity contribution in [2.45, 2.75) is 31.8 Å². The van der Waals surface area contributed by atoms with Crippen molar-refractivity contribution in [1.29, 1.82) is 0 Å². The van der Waals surface area contributed by atoms with Crippen LogP contribution in [0.5, 0.6) is 0 Å². The lowest BCUT2D eigenvalue weighted by Gasteiger charge is -2.07. The van der Waals surface area contributed by atoms with Crippen molar-refractivity contribution in [3.63, 3.8) is 0 Å². The van der Waals surface area contributed by atoms with Gasteiger partial charge in [0.15, 0.2) is 5.78 Å². The lowest BCUT2D eigenvalue weighted by molar-refractivity contribution is 0.0950. The Morgan fingerprint density at radius 2 is 2.25 bits per heavy atom. The van der Waals surface area contributed by atoms with Gasteiger partial charge in [-0.05, 0) is 30.5 Å². The van der Waals surface area contributed by atoms with Crippen molar-refractivity contribution in [2.24, 2.45) is 0 Å². The van der Waals surface area contributed by atoms with Gasteiger partial charge in [0.1, 0.15) is 5.69 Å². The van der Waals surface area contributed by atoms with Crippen LogP contribution in [0.1, 0.15) is 45.3 Å². The minimum absolute atomic E-state index is 0.0510. The summed E-state index contributed by atoms with van der Waals surface area (Å²) in [5.41, 5.74) is 3.18. The number of nitrogens with zero attached hydrogens (tertiary/aromatic N) is 3. The van der Waals surface area contributed by atoms with E-state index in [-0.39, 0.29) is 17.7 Å². The standard InChI is InChI=1S/C21H22N4O3/c26-20(8-14-11-23-25(12-14)17-4-7-28-13-17)16-3-2-15-9-19-21(27)22-5-1-6-24(19)18(15)10-16/h2-3,9-12,17H,1,4-8,13H2,(H,22,27). The molecule has 2 aliphatic rings. The molecule has 5 rings (SSSR count). The molecule has 0 spiro atoms. The van der Waals surface area contributed by atoms with E-state index in [1.165, 1.54) is 0 Å². The first-order chi connectivity index (χ1) is 13.7. The average molecular weight is 378 g/mol. The topological polar surface area (TPSA) is 78.2 Å². The van der Waals surface area contributed by atoms with Gasteiger partial charge in [0.05, 0.1) is 18.8 Å². The third-order valence-electron chi connectivity index (χ3n) is 5.60. The number of fused-ring (bicyclic) bond motifs is 3. The molecule has 1 amide bonds. The van der Waals surface area contributed by atoms with Crippen LogP contribution in [-0.2, 0) is 17.7 Å². The SMILES string of the molecule is O=C(Cc1cnn(C2CCOC2)c1)c1ccc2cc3n(c2c1)CCCNC3=O. The van der Waals surface area contributed by atoms with Crippen LogP contribution >= 0.6 is 0 Å². The first-order valence-corrected chi connectivity index (χ1v) is 9.74. The number of ketones is 1. The number of hydrogen-bond donors (Lipinski definition) is 1. The maximum atomic E-state index is 12.9. The highest BCUT2D eigenvalue weighted by Crippen LogP contribution is 2.24. The largest absolute Gasteiger partial charge is 0.379 e. The minimum Gasteiger partial charge on any atom is -0.379 e. The van der Waals surface area contributed by atoms with Crippen LogP contribution in [0.3, 0.4) is 0 Å². The van der Waals surface area contributed by atoms with E-state index in [0.717, 1.165) is 42.5 Å². The quantitative estimate of drug-likeness (QED) is 0.707. The fraction of sp³-hybridized carbons (Fsp3) is 0.381. The lowest BCUT2D eigenvalue weighted by Crippen LogP contribution is -2.22. The number of rotatable bonds is 4. The molecule has 0 aliphatic carbocycles. The predicted molar refractivity (Wildman–Crippen MR) is 104 cm³/mol. The summed E-state index contributed by atoms with van der Waals surface area (Å²) in [5.74, 6) is 0.00243. The Morgan fingerprint density at radius 1 is 1.32 bits per heavy atom. The number of nitrogens with one attached hydrogen (secondary N) is 1. The summed E-state index contributed by atoms with van der Waals surface area (Å²) in [5, 5.41) is 8.30. The van der Waals surface area contributed by atoms with E-state index in [9.17, 15) is 9.59 Å². The molecule has 1 fully saturated rings. The molecule has 2 aliphatic heterocycles. The molecule has 7 heteroatoms. The number of Topliss-reactive ketones (excluding diaryl/α,β-unsaturated/α-hetero) is 1. The second kappa shape index (κ2) is 6.91. The molecule has 1 unspecified atom stereocenters. The fourth-order valence-corrected chi connectivity index (χ4v) is 4.07. The van der Waals surface area contributed by atoms with Gasteiger partial charge in [-0.25, -0.2) is 0 Å². The molecule has 1 atom stereocenters. The van der Waals surface area contributed by atoms with Gasteiger partial charge in [0.2, 0.25) is 0 Å². The van der Waals surface area contributed by atoms with Gasteiger partial charge in [-0.2, -0.15) is 5.10 Å². The van der Waals surface area contributed by atoms with E-state index in [1.54, 1.807) is 6.20 Å². The zero-order valence-corrected chi connectivity index (χ0v) is 15.6. The van der Waals surface area contributed by atoms with Crippen molar-refractivity contribution < 1.29 is 14.3 Å². The van der Waals surface area contributed by atoms with E-state index in [4.69, 9.17) is 4.74 Å². The van der Waals surface area contributed by atoms with Gasteiger partial charge in [-0.3, -0.25) is 14.3 Å². The molecular weight excluding hydrogens is 356 g/mol. The van der Waals surface area contributed by atoms with Crippen LogP contribution in [0.25, 0.3) is 10.9 Å². The molecular formula is C21H22N4O3. The number of benzene rings is 1. The maximum absolute atomic E-state index is 12.9. The Balaban J connectivity index is 1.40. The molecule has 3 aromatic rings. The number of carbonyl (C=O) groups is 2. The van der Waals surface area contributed by atoms with E-state index in [0.29, 0.717) is 30.8 Å². The molecule has 0 bridgehead atoms. The zero-order chi connectivity index (χ0) is 19.1. The van der Waals surface area contributed by atoms with Gasteiger partial charge in [-0.15, -0.1) is 0 Å². The van der Waals surface area contributed by atoms with E-state index >= 15 is 0 Å². The summed E-state index contributed by atoms with van der Waals surface area (Å²) in [4.78, 5) is 25.1. The molecule has 0 radical (unpaired) electrons. The minimum atomic E-state index is -0.0510. The molecule has 1 aromatic carbocycles. The highest BCUT2D eigenvalue weighted by Gasteiger charge is 2.21. The van der Waals surface area contributed by atoms with Gasteiger partial charge in [0, 0.05) is 48.8 Å². The number of amides is 1. The highest BCUT2D eigenvalue weighted by molar-refractivity contribution is 6.03. The smallest absolute Gasteiger partial charge is 0.267 e. The Morgan fingerprint density at radius 3 is 3.11 bits per heavy atom. The van der Waals surface area contributed by atoms with Gasteiger partial charge in [0.25, 0.3) is 5.91 Å². The van der Waals surface area contributed by atoms with Crippen LogP contribution in [-0.4, -0.2) is 45.8 Å². The van der Waals surface area contributed by atoms with Crippen molar-refractivity contribution >= 4 is 22.6 Å². The number of hydrogen-bond acceptors (Lipinski definition) is 4. The molecule has 144 valence electrons. The summed E-state index contributed by atoms with van der Waals surface area (Å²) in [6.45, 7) is 2.89. The molecule has 28 heavy (non-hydrogen) atoms. The monoisotopic (exact) mass is 378 g/mol. The Bertz CT molecular complexity index is 1060. The summed E-state index contributed by atoms with van der Waals surface area (Å²) in [7, 11) is 0. The summed E-state index contributed by atoms with van der Waals surface area (Å²) in [6.07, 6.45) is 5.86. The number of carbonyl (C=O) groups excluding carboxylic acids is 2. The normalized spacial score (nSPS) is 19.4. The number of aromatic nitrogens is 3. The molecule has 1 N–H and O–H groups in total. The van der Waals surface area contributed by atoms with E-state index < -0.39 is 0 Å². The predicted octanol–water partition coefficient (Wildman–Crippen LogP) is 2.36. The zero-order valence-electron chi connectivity index (χ0n) is 15.6. The van der Waals surface area contributed by atoms with E-state index in [1.807, 2.05) is 39.7 Å². The first kappa shape index (κ1) is 17.2. The van der Waals surface area contributed by atoms with Crippen molar-refractivity contribution in [3.05, 3.63) is 53.5 Å². The Hall–Kier alpha value is -2.93. The summed E-state index contributed by atoms with van der Waals surface area (Å²) in [6, 6.07) is 7.85. The van der Waals surface area contributed by atoms with Crippen LogP contribution in [0.4, 0.5) is 0 Å². The average Bonchev–Trinajstić information content (AvgIpc) is 3.42. The molecule has 1 saturated heterocycles. The van der Waals surface area contributed by atoms with E-state index in [2.05, 4.69) is 10.4 Å². The van der Waals surface area contributed by atoms with Crippen molar-refractivity contribution in [3.8, 4) is 0 Å². The maximum Gasteiger partial charge on any atom is 0.267 e. The van der Waals surface area contributed by atoms with Gasteiger partial charge < -0.3 is 14.6 Å². The van der Waals surface area contributed by atoms with Crippen LogP contribution in [0.2, 0.25) is 0 Å². The Labute approximate surface area is 162 Å². The third kappa shape index (κ3) is 3.01. The van der Waals surface area contributed by atoms with Crippen LogP contribution in [0.15, 0.2) is 36.7 Å². The van der Waals surface area contributed by atoms with Gasteiger partial charge in [-0.1, -0.05) is 12.1 Å². The number of aryl methyl sites for hydroxylation is 1. The van der Waals surface area contributed by atoms with Crippen molar-refractivity contribution in [1.82, 2.24) is 19.7 Å². The fourth-order valence-electron chi connectivity index (χ4n) is 4.07. The van der Waals surface area contributed by atoms with Crippen LogP contribution < -0.4 is 5.32 Å². The summed E-state index contributed by atoms with van der Waals surface area (Å²) < 4.78 is 9.34. The Kier molecular flexibility index (Phi) is 4.24. The van der Waals surface area contributed by atoms with Crippen LogP contribution in [0, 0.1) is 0 Å². The lowest BCUT2D eigenvalue weighted by atomic mass is 10.0. The second-order valence-corrected chi connectivity index (χ2v) is 7.51. The second-order valence-electron chi connectivity index (χ2n) is 7.51. The third-order valence-corrected chi connectivity index (χ3v) is 5.60. The molecule has 2 aromatic heterocycles. The number of ether oxygens (including phenoxy) is 1. The highest BCUT2D eigenvalue weighted by atomic mass is 16.5. The van der Waals surface area contributed by atoms with Gasteiger partial charge >= 0.3 is 0 Å².